The van der Waals surface area contributed by atoms with E-state index in [2.05, 4.69) is 46.9 Å². The Morgan fingerprint density at radius 2 is 1.85 bits per heavy atom. The average Bonchev–Trinajstić information content (AvgIpc) is 3.06. The van der Waals surface area contributed by atoms with Gasteiger partial charge in [-0.15, -0.1) is 0 Å². The number of amides is 3. The van der Waals surface area contributed by atoms with Gasteiger partial charge in [0.2, 0.25) is 0 Å². The van der Waals surface area contributed by atoms with Crippen LogP contribution in [0.5, 0.6) is 0 Å². The van der Waals surface area contributed by atoms with Crippen LogP contribution < -0.4 is 10.9 Å². The van der Waals surface area contributed by atoms with Crippen LogP contribution in [0.2, 0.25) is 0 Å². The van der Waals surface area contributed by atoms with Gasteiger partial charge in [-0.3, -0.25) is 15.1 Å². The number of carbonyl (C=O) groups is 2. The van der Waals surface area contributed by atoms with E-state index in [4.69, 9.17) is 4.42 Å². The minimum atomic E-state index is -0.386. The summed E-state index contributed by atoms with van der Waals surface area (Å²) >= 11 is 0. The van der Waals surface area contributed by atoms with Gasteiger partial charge in [0.15, 0.2) is 0 Å². The summed E-state index contributed by atoms with van der Waals surface area (Å²) in [5, 5.41) is 0. The number of urea groups is 1. The first kappa shape index (κ1) is 18.0. The number of furan rings is 1. The zero-order valence-corrected chi connectivity index (χ0v) is 15.1. The van der Waals surface area contributed by atoms with Crippen LogP contribution in [0.15, 0.2) is 41.0 Å². The first-order chi connectivity index (χ1) is 12.5. The van der Waals surface area contributed by atoms with E-state index in [0.29, 0.717) is 24.4 Å². The Hall–Kier alpha value is -2.80. The molecular formula is C19H24N4O3. The predicted octanol–water partition coefficient (Wildman–Crippen LogP) is 2.07. The molecule has 2 N–H and O–H groups in total. The third kappa shape index (κ3) is 4.43. The normalized spacial score (nSPS) is 14.9. The van der Waals surface area contributed by atoms with Gasteiger partial charge in [-0.2, -0.15) is 0 Å². The summed E-state index contributed by atoms with van der Waals surface area (Å²) in [6, 6.07) is 9.74. The highest BCUT2D eigenvalue weighted by Gasteiger charge is 2.22. The number of rotatable bonds is 3. The Labute approximate surface area is 152 Å². The first-order valence-corrected chi connectivity index (χ1v) is 8.70. The van der Waals surface area contributed by atoms with Gasteiger partial charge in [-0.1, -0.05) is 29.8 Å². The molecule has 0 radical (unpaired) electrons. The maximum absolute atomic E-state index is 12.2. The Morgan fingerprint density at radius 1 is 1.08 bits per heavy atom. The minimum Gasteiger partial charge on any atom is -0.469 e. The molecule has 1 saturated heterocycles. The molecule has 1 aliphatic heterocycles. The van der Waals surface area contributed by atoms with Crippen LogP contribution >= 0.6 is 0 Å². The second-order valence-electron chi connectivity index (χ2n) is 6.53. The van der Waals surface area contributed by atoms with Crippen LogP contribution in [0.1, 0.15) is 27.2 Å². The van der Waals surface area contributed by atoms with Crippen molar-refractivity contribution < 1.29 is 14.0 Å². The van der Waals surface area contributed by atoms with Crippen molar-refractivity contribution in [1.82, 2.24) is 20.7 Å². The van der Waals surface area contributed by atoms with Gasteiger partial charge >= 0.3 is 6.03 Å². The maximum Gasteiger partial charge on any atom is 0.336 e. The smallest absolute Gasteiger partial charge is 0.336 e. The summed E-state index contributed by atoms with van der Waals surface area (Å²) < 4.78 is 5.09. The van der Waals surface area contributed by atoms with Gasteiger partial charge in [0.05, 0.1) is 11.8 Å². The van der Waals surface area contributed by atoms with Gasteiger partial charge in [0.25, 0.3) is 5.91 Å². The Morgan fingerprint density at radius 3 is 2.50 bits per heavy atom. The number of aryl methyl sites for hydroxylation is 2. The molecule has 0 spiro atoms. The summed E-state index contributed by atoms with van der Waals surface area (Å²) in [4.78, 5) is 28.2. The predicted molar refractivity (Wildman–Crippen MR) is 97.5 cm³/mol. The van der Waals surface area contributed by atoms with E-state index in [1.54, 1.807) is 17.9 Å². The van der Waals surface area contributed by atoms with E-state index < -0.39 is 0 Å². The monoisotopic (exact) mass is 356 g/mol. The number of hydrazine groups is 1. The SMILES string of the molecule is Cc1cccc(CN2CCN(C(=O)NNC(=O)c3ccoc3C)CC2)c1. The van der Waals surface area contributed by atoms with Crippen molar-refractivity contribution in [2.75, 3.05) is 26.2 Å². The van der Waals surface area contributed by atoms with Crippen LogP contribution in [0.4, 0.5) is 4.79 Å². The topological polar surface area (TPSA) is 77.8 Å². The highest BCUT2D eigenvalue weighted by molar-refractivity contribution is 5.96. The lowest BCUT2D eigenvalue weighted by molar-refractivity contribution is 0.0917. The molecule has 0 aliphatic carbocycles. The van der Waals surface area contributed by atoms with Crippen LogP contribution in [-0.2, 0) is 6.54 Å². The molecule has 7 nitrogen and oxygen atoms in total. The van der Waals surface area contributed by atoms with Gasteiger partial charge in [0.1, 0.15) is 5.76 Å². The summed E-state index contributed by atoms with van der Waals surface area (Å²) in [6.45, 7) is 7.52. The molecule has 138 valence electrons. The number of carbonyl (C=O) groups excluding carboxylic acids is 2. The highest BCUT2D eigenvalue weighted by atomic mass is 16.3. The zero-order valence-electron chi connectivity index (χ0n) is 15.1. The van der Waals surface area contributed by atoms with Crippen molar-refractivity contribution >= 4 is 11.9 Å². The molecule has 1 fully saturated rings. The average molecular weight is 356 g/mol. The lowest BCUT2D eigenvalue weighted by atomic mass is 10.1. The molecule has 3 rings (SSSR count). The number of hydrogen-bond acceptors (Lipinski definition) is 4. The number of nitrogens with zero attached hydrogens (tertiary/aromatic N) is 2. The van der Waals surface area contributed by atoms with Gasteiger partial charge in [0, 0.05) is 32.7 Å². The summed E-state index contributed by atoms with van der Waals surface area (Å²) in [5.41, 5.74) is 7.84. The van der Waals surface area contributed by atoms with Gasteiger partial charge in [-0.05, 0) is 25.5 Å². The Bertz CT molecular complexity index is 779. The van der Waals surface area contributed by atoms with Crippen molar-refractivity contribution in [1.29, 1.82) is 0 Å². The molecule has 0 bridgehead atoms. The fourth-order valence-electron chi connectivity index (χ4n) is 3.05. The van der Waals surface area contributed by atoms with Crippen molar-refractivity contribution in [2.45, 2.75) is 20.4 Å². The van der Waals surface area contributed by atoms with Crippen LogP contribution in [0.3, 0.4) is 0 Å². The van der Waals surface area contributed by atoms with Crippen LogP contribution in [0.25, 0.3) is 0 Å². The summed E-state index contributed by atoms with van der Waals surface area (Å²) in [7, 11) is 0. The van der Waals surface area contributed by atoms with Crippen molar-refractivity contribution in [2.24, 2.45) is 0 Å². The molecule has 2 heterocycles. The van der Waals surface area contributed by atoms with Gasteiger partial charge < -0.3 is 9.32 Å². The number of hydrogen-bond donors (Lipinski definition) is 2. The summed E-state index contributed by atoms with van der Waals surface area (Å²) in [6.07, 6.45) is 1.44. The van der Waals surface area contributed by atoms with Crippen molar-refractivity contribution in [3.05, 3.63) is 59.0 Å². The molecule has 3 amide bonds. The molecule has 0 atom stereocenters. The van der Waals surface area contributed by atoms with Crippen molar-refractivity contribution in [3.63, 3.8) is 0 Å². The van der Waals surface area contributed by atoms with E-state index in [9.17, 15) is 9.59 Å². The molecule has 0 unspecified atom stereocenters. The third-order valence-corrected chi connectivity index (χ3v) is 4.53. The Kier molecular flexibility index (Phi) is 5.58. The van der Waals surface area contributed by atoms with E-state index in [1.165, 1.54) is 17.4 Å². The van der Waals surface area contributed by atoms with Crippen molar-refractivity contribution in [3.8, 4) is 0 Å². The molecule has 1 aliphatic rings. The fraction of sp³-hybridized carbons (Fsp3) is 0.368. The molecule has 26 heavy (non-hydrogen) atoms. The number of nitrogens with one attached hydrogen (secondary N) is 2. The third-order valence-electron chi connectivity index (χ3n) is 4.53. The van der Waals surface area contributed by atoms with E-state index in [0.717, 1.165) is 19.6 Å². The van der Waals surface area contributed by atoms with E-state index in [-0.39, 0.29) is 11.9 Å². The molecular weight excluding hydrogens is 332 g/mol. The Balaban J connectivity index is 1.43. The van der Waals surface area contributed by atoms with Crippen LogP contribution in [-0.4, -0.2) is 47.9 Å². The minimum absolute atomic E-state index is 0.297. The van der Waals surface area contributed by atoms with Gasteiger partial charge in [-0.25, -0.2) is 10.2 Å². The van der Waals surface area contributed by atoms with E-state index in [1.807, 2.05) is 0 Å². The largest absolute Gasteiger partial charge is 0.469 e. The first-order valence-electron chi connectivity index (χ1n) is 8.70. The number of benzene rings is 1. The maximum atomic E-state index is 12.2. The second kappa shape index (κ2) is 8.05. The lowest BCUT2D eigenvalue weighted by Gasteiger charge is -2.34. The number of piperazine rings is 1. The standard InChI is InChI=1S/C19H24N4O3/c1-14-4-3-5-16(12-14)13-22-7-9-23(10-8-22)19(25)21-20-18(24)17-6-11-26-15(17)2/h3-6,11-12H,7-10,13H2,1-2H3,(H,20,24)(H,21,25). The highest BCUT2D eigenvalue weighted by Crippen LogP contribution is 2.11. The van der Waals surface area contributed by atoms with E-state index >= 15 is 0 Å². The molecule has 1 aromatic heterocycles. The molecule has 2 aromatic rings. The fourth-order valence-corrected chi connectivity index (χ4v) is 3.05. The zero-order chi connectivity index (χ0) is 18.5. The summed E-state index contributed by atoms with van der Waals surface area (Å²) in [5.74, 6) is 0.129. The quantitative estimate of drug-likeness (QED) is 0.826. The molecule has 7 heteroatoms. The second-order valence-corrected chi connectivity index (χ2v) is 6.53. The molecule has 0 saturated carbocycles. The van der Waals surface area contributed by atoms with Crippen LogP contribution in [0, 0.1) is 13.8 Å². The molecule has 1 aromatic carbocycles. The lowest BCUT2D eigenvalue weighted by Crippen LogP contribution is -2.55.